The molecule has 0 N–H and O–H groups in total. The minimum Gasteiger partial charge on any atom is -0.349 e. The van der Waals surface area contributed by atoms with Crippen LogP contribution in [0.25, 0.3) is 5.82 Å². The van der Waals surface area contributed by atoms with E-state index in [9.17, 15) is 9.18 Å². The van der Waals surface area contributed by atoms with Gasteiger partial charge in [0.05, 0.1) is 18.8 Å². The summed E-state index contributed by atoms with van der Waals surface area (Å²) >= 11 is 0. The molecule has 3 aromatic heterocycles. The molecule has 0 radical (unpaired) electrons. The molecule has 1 saturated heterocycles. The highest BCUT2D eigenvalue weighted by Gasteiger charge is 2.28. The maximum absolute atomic E-state index is 14.0. The third kappa shape index (κ3) is 3.00. The van der Waals surface area contributed by atoms with Crippen molar-refractivity contribution in [3.8, 4) is 5.82 Å². The third-order valence-electron chi connectivity index (χ3n) is 4.30. The van der Waals surface area contributed by atoms with Crippen LogP contribution in [-0.4, -0.2) is 41.9 Å². The second-order valence-corrected chi connectivity index (χ2v) is 5.87. The van der Waals surface area contributed by atoms with Gasteiger partial charge >= 0.3 is 0 Å². The van der Waals surface area contributed by atoms with Crippen LogP contribution in [0.3, 0.4) is 0 Å². The van der Waals surface area contributed by atoms with Crippen molar-refractivity contribution in [1.29, 1.82) is 0 Å². The van der Waals surface area contributed by atoms with Crippen LogP contribution >= 0.6 is 0 Å². The van der Waals surface area contributed by atoms with Gasteiger partial charge in [-0.05, 0) is 18.9 Å². The first-order chi connectivity index (χ1) is 12.2. The summed E-state index contributed by atoms with van der Waals surface area (Å²) in [4.78, 5) is 25.8. The Morgan fingerprint density at radius 2 is 2.20 bits per heavy atom. The summed E-state index contributed by atoms with van der Waals surface area (Å²) in [5.74, 6) is 0.424. The van der Waals surface area contributed by atoms with Crippen LogP contribution in [0.1, 0.15) is 12.8 Å². The van der Waals surface area contributed by atoms with E-state index < -0.39 is 5.82 Å². The molecule has 0 bridgehead atoms. The zero-order chi connectivity index (χ0) is 17.2. The molecule has 128 valence electrons. The second-order valence-electron chi connectivity index (χ2n) is 5.87. The maximum atomic E-state index is 14.0. The van der Waals surface area contributed by atoms with E-state index in [2.05, 4.69) is 20.1 Å². The molecule has 8 nitrogen and oxygen atoms in total. The van der Waals surface area contributed by atoms with Crippen LogP contribution in [-0.2, 0) is 6.54 Å². The van der Waals surface area contributed by atoms with Crippen molar-refractivity contribution in [3.63, 3.8) is 0 Å². The van der Waals surface area contributed by atoms with Crippen LogP contribution in [0.2, 0.25) is 0 Å². The summed E-state index contributed by atoms with van der Waals surface area (Å²) in [5.41, 5.74) is -0.195. The number of hydrogen-bond acceptors (Lipinski definition) is 6. The van der Waals surface area contributed by atoms with Crippen molar-refractivity contribution in [3.05, 3.63) is 59.5 Å². The highest BCUT2D eigenvalue weighted by Crippen LogP contribution is 2.26. The topological polar surface area (TPSA) is 81.7 Å². The zero-order valence-corrected chi connectivity index (χ0v) is 13.4. The summed E-state index contributed by atoms with van der Waals surface area (Å²) in [7, 11) is 0. The van der Waals surface area contributed by atoms with E-state index in [4.69, 9.17) is 0 Å². The SMILES string of the molecule is O=c1ccc(-n2ccnc2)nn1CC1CCCN1c1ncncc1F. The standard InChI is InChI=1S/C16H16FN7O/c17-13-8-19-10-20-16(13)23-6-1-2-12(23)9-24-15(25)4-3-14(21-24)22-7-5-18-11-22/h3-5,7-8,10-12H,1-2,6,9H2. The van der Waals surface area contributed by atoms with Crippen LogP contribution in [0.5, 0.6) is 0 Å². The minimum atomic E-state index is -0.457. The molecule has 0 spiro atoms. The molecule has 1 unspecified atom stereocenters. The first-order valence-electron chi connectivity index (χ1n) is 8.01. The first-order valence-corrected chi connectivity index (χ1v) is 8.01. The normalized spacial score (nSPS) is 17.2. The summed E-state index contributed by atoms with van der Waals surface area (Å²) < 4.78 is 17.2. The zero-order valence-electron chi connectivity index (χ0n) is 13.4. The van der Waals surface area contributed by atoms with E-state index in [0.29, 0.717) is 18.9 Å². The highest BCUT2D eigenvalue weighted by atomic mass is 19.1. The number of rotatable bonds is 4. The molecular weight excluding hydrogens is 325 g/mol. The van der Waals surface area contributed by atoms with E-state index in [-0.39, 0.29) is 17.4 Å². The van der Waals surface area contributed by atoms with Crippen LogP contribution < -0.4 is 10.5 Å². The van der Waals surface area contributed by atoms with Crippen molar-refractivity contribution in [2.24, 2.45) is 0 Å². The molecule has 0 aliphatic carbocycles. The van der Waals surface area contributed by atoms with Crippen LogP contribution in [0.4, 0.5) is 10.2 Å². The Balaban J connectivity index is 1.62. The van der Waals surface area contributed by atoms with Crippen molar-refractivity contribution < 1.29 is 4.39 Å². The number of aromatic nitrogens is 6. The Kier molecular flexibility index (Phi) is 3.96. The van der Waals surface area contributed by atoms with Gasteiger partial charge in [-0.1, -0.05) is 0 Å². The van der Waals surface area contributed by atoms with E-state index in [1.54, 1.807) is 29.4 Å². The minimum absolute atomic E-state index is 0.0485. The lowest BCUT2D eigenvalue weighted by Gasteiger charge is -2.26. The van der Waals surface area contributed by atoms with E-state index in [1.807, 2.05) is 4.90 Å². The third-order valence-corrected chi connectivity index (χ3v) is 4.30. The van der Waals surface area contributed by atoms with E-state index in [1.165, 1.54) is 17.1 Å². The van der Waals surface area contributed by atoms with Crippen molar-refractivity contribution in [2.45, 2.75) is 25.4 Å². The van der Waals surface area contributed by atoms with Gasteiger partial charge in [0.25, 0.3) is 5.56 Å². The Bertz CT molecular complexity index is 924. The fraction of sp³-hybridized carbons (Fsp3) is 0.312. The number of imidazole rings is 1. The predicted octanol–water partition coefficient (Wildman–Crippen LogP) is 1.03. The molecule has 9 heteroatoms. The van der Waals surface area contributed by atoms with E-state index >= 15 is 0 Å². The van der Waals surface area contributed by atoms with Gasteiger partial charge in [0.15, 0.2) is 17.5 Å². The molecule has 3 aromatic rings. The summed E-state index contributed by atoms with van der Waals surface area (Å²) in [6.07, 6.45) is 9.26. The van der Waals surface area contributed by atoms with Gasteiger partial charge < -0.3 is 4.90 Å². The number of anilines is 1. The Labute approximate surface area is 142 Å². The largest absolute Gasteiger partial charge is 0.349 e. The molecule has 0 aromatic carbocycles. The van der Waals surface area contributed by atoms with Gasteiger partial charge in [0.1, 0.15) is 12.7 Å². The highest BCUT2D eigenvalue weighted by molar-refractivity contribution is 5.41. The molecule has 4 rings (SSSR count). The van der Waals surface area contributed by atoms with E-state index in [0.717, 1.165) is 19.0 Å². The van der Waals surface area contributed by atoms with Crippen LogP contribution in [0, 0.1) is 5.82 Å². The maximum Gasteiger partial charge on any atom is 0.266 e. The smallest absolute Gasteiger partial charge is 0.266 e. The lowest BCUT2D eigenvalue weighted by atomic mass is 10.2. The number of hydrogen-bond donors (Lipinski definition) is 0. The molecule has 0 amide bonds. The van der Waals surface area contributed by atoms with Crippen molar-refractivity contribution in [1.82, 2.24) is 29.3 Å². The van der Waals surface area contributed by atoms with Crippen LogP contribution in [0.15, 0.2) is 48.2 Å². The monoisotopic (exact) mass is 341 g/mol. The molecule has 1 aliphatic rings. The average molecular weight is 341 g/mol. The first kappa shape index (κ1) is 15.4. The fourth-order valence-corrected chi connectivity index (χ4v) is 3.12. The summed E-state index contributed by atoms with van der Waals surface area (Å²) in [6, 6.07) is 3.08. The predicted molar refractivity (Wildman–Crippen MR) is 88.0 cm³/mol. The Morgan fingerprint density at radius 1 is 1.28 bits per heavy atom. The number of halogens is 1. The Hall–Kier alpha value is -3.10. The average Bonchev–Trinajstić information content (AvgIpc) is 3.29. The quantitative estimate of drug-likeness (QED) is 0.705. The lowest BCUT2D eigenvalue weighted by Crippen LogP contribution is -2.38. The molecule has 4 heterocycles. The number of nitrogens with zero attached hydrogens (tertiary/aromatic N) is 7. The van der Waals surface area contributed by atoms with Crippen molar-refractivity contribution >= 4 is 5.82 Å². The molecule has 1 aliphatic heterocycles. The van der Waals surface area contributed by atoms with Crippen molar-refractivity contribution in [2.75, 3.05) is 11.4 Å². The summed E-state index contributed by atoms with van der Waals surface area (Å²) in [5, 5.41) is 4.40. The molecule has 0 saturated carbocycles. The van der Waals surface area contributed by atoms with Gasteiger partial charge in [0, 0.05) is 25.0 Å². The fourth-order valence-electron chi connectivity index (χ4n) is 3.12. The molecule has 25 heavy (non-hydrogen) atoms. The Morgan fingerprint density at radius 3 is 3.00 bits per heavy atom. The van der Waals surface area contributed by atoms with Gasteiger partial charge in [-0.3, -0.25) is 9.36 Å². The van der Waals surface area contributed by atoms with Gasteiger partial charge in [0.2, 0.25) is 0 Å². The van der Waals surface area contributed by atoms with Gasteiger partial charge in [-0.2, -0.15) is 5.10 Å². The molecule has 1 atom stereocenters. The second kappa shape index (κ2) is 6.42. The van der Waals surface area contributed by atoms with Gasteiger partial charge in [-0.15, -0.1) is 0 Å². The lowest BCUT2D eigenvalue weighted by molar-refractivity contribution is 0.479. The van der Waals surface area contributed by atoms with Gasteiger partial charge in [-0.25, -0.2) is 24.0 Å². The molecule has 1 fully saturated rings. The molecular formula is C16H16FN7O. The summed E-state index contributed by atoms with van der Waals surface area (Å²) in [6.45, 7) is 1.05.